The molecule has 102 valence electrons. The van der Waals surface area contributed by atoms with Crippen LogP contribution in [0, 0.1) is 23.7 Å². The van der Waals surface area contributed by atoms with Gasteiger partial charge in [-0.25, -0.2) is 9.48 Å². The second-order valence-corrected chi connectivity index (χ2v) is 6.49. The van der Waals surface area contributed by atoms with E-state index in [4.69, 9.17) is 0 Å². The Hall–Kier alpha value is -1.91. The molecule has 0 spiro atoms. The molecular formula is C15H15N3O2. The van der Waals surface area contributed by atoms with Crippen molar-refractivity contribution in [3.8, 4) is 0 Å². The predicted molar refractivity (Wildman–Crippen MR) is 71.3 cm³/mol. The molecule has 3 aliphatic rings. The molecule has 2 aromatic rings. The summed E-state index contributed by atoms with van der Waals surface area (Å²) in [7, 11) is 0. The van der Waals surface area contributed by atoms with Gasteiger partial charge in [-0.1, -0.05) is 11.3 Å². The van der Waals surface area contributed by atoms with Crippen LogP contribution in [0.5, 0.6) is 0 Å². The van der Waals surface area contributed by atoms with E-state index in [9.17, 15) is 9.90 Å². The first-order chi connectivity index (χ1) is 9.75. The van der Waals surface area contributed by atoms with Gasteiger partial charge in [0, 0.05) is 0 Å². The SMILES string of the molecule is O=C(O)c1cccc2c1nnn2C1C2C3CCC(C3)C21. The Labute approximate surface area is 115 Å². The molecule has 1 aromatic heterocycles. The molecule has 4 unspecified atom stereocenters. The maximum atomic E-state index is 11.2. The fraction of sp³-hybridized carbons (Fsp3) is 0.533. The number of fused-ring (bicyclic) bond motifs is 6. The molecule has 5 nitrogen and oxygen atoms in total. The van der Waals surface area contributed by atoms with E-state index in [1.807, 2.05) is 10.7 Å². The van der Waals surface area contributed by atoms with E-state index in [0.717, 1.165) is 29.2 Å². The van der Waals surface area contributed by atoms with Crippen LogP contribution in [0.15, 0.2) is 18.2 Å². The van der Waals surface area contributed by atoms with Gasteiger partial charge in [-0.3, -0.25) is 0 Å². The van der Waals surface area contributed by atoms with Crippen molar-refractivity contribution < 1.29 is 9.90 Å². The molecule has 3 saturated carbocycles. The standard InChI is InChI=1S/C15H15N3O2/c19-15(20)9-2-1-3-10-13(9)16-17-18(10)14-11-7-4-5-8(6-7)12(11)14/h1-3,7-8,11-12,14H,4-6H2,(H,19,20). The summed E-state index contributed by atoms with van der Waals surface area (Å²) in [5.41, 5.74) is 1.66. The zero-order chi connectivity index (χ0) is 13.4. The van der Waals surface area contributed by atoms with Crippen molar-refractivity contribution in [2.75, 3.05) is 0 Å². The van der Waals surface area contributed by atoms with E-state index in [1.54, 1.807) is 12.1 Å². The van der Waals surface area contributed by atoms with Crippen molar-refractivity contribution in [3.63, 3.8) is 0 Å². The topological polar surface area (TPSA) is 68.0 Å². The van der Waals surface area contributed by atoms with Crippen molar-refractivity contribution in [3.05, 3.63) is 23.8 Å². The zero-order valence-electron chi connectivity index (χ0n) is 10.9. The molecule has 2 bridgehead atoms. The van der Waals surface area contributed by atoms with Crippen LogP contribution in [-0.4, -0.2) is 26.1 Å². The molecule has 1 aromatic carbocycles. The molecule has 1 heterocycles. The molecule has 20 heavy (non-hydrogen) atoms. The van der Waals surface area contributed by atoms with Crippen molar-refractivity contribution in [2.45, 2.75) is 25.3 Å². The van der Waals surface area contributed by atoms with Crippen molar-refractivity contribution in [2.24, 2.45) is 23.7 Å². The maximum Gasteiger partial charge on any atom is 0.338 e. The zero-order valence-corrected chi connectivity index (χ0v) is 10.9. The number of carboxylic acid groups (broad SMARTS) is 1. The third-order valence-corrected chi connectivity index (χ3v) is 5.71. The van der Waals surface area contributed by atoms with Crippen LogP contribution in [0.1, 0.15) is 35.7 Å². The normalized spacial score (nSPS) is 37.3. The number of hydrogen-bond donors (Lipinski definition) is 1. The van der Waals surface area contributed by atoms with E-state index < -0.39 is 5.97 Å². The molecule has 0 amide bonds. The molecule has 0 aliphatic heterocycles. The van der Waals surface area contributed by atoms with Crippen LogP contribution in [0.2, 0.25) is 0 Å². The van der Waals surface area contributed by atoms with Gasteiger partial charge in [-0.15, -0.1) is 5.10 Å². The summed E-state index contributed by atoms with van der Waals surface area (Å²) in [6, 6.07) is 5.80. The maximum absolute atomic E-state index is 11.2. The monoisotopic (exact) mass is 269 g/mol. The Balaban J connectivity index is 1.62. The largest absolute Gasteiger partial charge is 0.478 e. The summed E-state index contributed by atoms with van der Waals surface area (Å²) in [4.78, 5) is 11.2. The number of carboxylic acids is 1. The van der Waals surface area contributed by atoms with Crippen LogP contribution in [-0.2, 0) is 0 Å². The first-order valence-corrected chi connectivity index (χ1v) is 7.33. The molecule has 5 rings (SSSR count). The minimum absolute atomic E-state index is 0.252. The van der Waals surface area contributed by atoms with Gasteiger partial charge in [0.1, 0.15) is 5.52 Å². The highest BCUT2D eigenvalue weighted by atomic mass is 16.4. The summed E-state index contributed by atoms with van der Waals surface area (Å²) in [6.45, 7) is 0. The quantitative estimate of drug-likeness (QED) is 0.908. The lowest BCUT2D eigenvalue weighted by molar-refractivity contribution is 0.0699. The number of aromatic carboxylic acids is 1. The molecule has 1 N–H and O–H groups in total. The minimum atomic E-state index is -0.932. The van der Waals surface area contributed by atoms with Gasteiger partial charge < -0.3 is 5.11 Å². The molecule has 0 saturated heterocycles. The number of rotatable bonds is 2. The number of carbonyl (C=O) groups is 1. The third kappa shape index (κ3) is 1.16. The lowest BCUT2D eigenvalue weighted by atomic mass is 10.0. The number of aromatic nitrogens is 3. The highest BCUT2D eigenvalue weighted by molar-refractivity contribution is 6.00. The summed E-state index contributed by atoms with van der Waals surface area (Å²) < 4.78 is 2.00. The van der Waals surface area contributed by atoms with Gasteiger partial charge in [-0.05, 0) is 55.1 Å². The number of hydrogen-bond acceptors (Lipinski definition) is 3. The fourth-order valence-corrected chi connectivity index (χ4v) is 4.96. The number of nitrogens with zero attached hydrogens (tertiary/aromatic N) is 3. The van der Waals surface area contributed by atoms with Gasteiger partial charge in [0.05, 0.1) is 17.1 Å². The van der Waals surface area contributed by atoms with Crippen molar-refractivity contribution in [1.82, 2.24) is 15.0 Å². The average Bonchev–Trinajstić information content (AvgIpc) is 2.85. The smallest absolute Gasteiger partial charge is 0.338 e. The molecule has 5 heteroatoms. The summed E-state index contributed by atoms with van der Waals surface area (Å²) in [6.07, 6.45) is 4.14. The van der Waals surface area contributed by atoms with Crippen molar-refractivity contribution in [1.29, 1.82) is 0 Å². The van der Waals surface area contributed by atoms with Gasteiger partial charge in [0.2, 0.25) is 0 Å². The van der Waals surface area contributed by atoms with E-state index in [2.05, 4.69) is 10.3 Å². The van der Waals surface area contributed by atoms with Crippen LogP contribution in [0.4, 0.5) is 0 Å². The van der Waals surface area contributed by atoms with Gasteiger partial charge in [0.15, 0.2) is 0 Å². The first kappa shape index (κ1) is 10.8. The third-order valence-electron chi connectivity index (χ3n) is 5.71. The van der Waals surface area contributed by atoms with Gasteiger partial charge in [0.25, 0.3) is 0 Å². The van der Waals surface area contributed by atoms with Gasteiger partial charge in [-0.2, -0.15) is 0 Å². The highest BCUT2D eigenvalue weighted by Crippen LogP contribution is 2.71. The Kier molecular flexibility index (Phi) is 1.84. The highest BCUT2D eigenvalue weighted by Gasteiger charge is 2.66. The molecular weight excluding hydrogens is 254 g/mol. The summed E-state index contributed by atoms with van der Waals surface area (Å²) >= 11 is 0. The molecule has 3 aliphatic carbocycles. The number of benzene rings is 1. The lowest BCUT2D eigenvalue weighted by Crippen LogP contribution is -2.06. The Morgan fingerprint density at radius 1 is 1.25 bits per heavy atom. The van der Waals surface area contributed by atoms with Crippen molar-refractivity contribution >= 4 is 17.0 Å². The van der Waals surface area contributed by atoms with E-state index in [1.165, 1.54) is 19.3 Å². The Morgan fingerprint density at radius 2 is 2.00 bits per heavy atom. The second kappa shape index (κ2) is 3.40. The molecule has 3 fully saturated rings. The van der Waals surface area contributed by atoms with E-state index in [0.29, 0.717) is 11.6 Å². The van der Waals surface area contributed by atoms with Crippen LogP contribution in [0.25, 0.3) is 11.0 Å². The molecule has 0 radical (unpaired) electrons. The minimum Gasteiger partial charge on any atom is -0.478 e. The first-order valence-electron chi connectivity index (χ1n) is 7.33. The Morgan fingerprint density at radius 3 is 2.70 bits per heavy atom. The van der Waals surface area contributed by atoms with Crippen LogP contribution >= 0.6 is 0 Å². The molecule has 4 atom stereocenters. The Bertz CT molecular complexity index is 722. The second-order valence-electron chi connectivity index (χ2n) is 6.49. The van der Waals surface area contributed by atoms with E-state index >= 15 is 0 Å². The van der Waals surface area contributed by atoms with Gasteiger partial charge >= 0.3 is 5.97 Å². The summed E-state index contributed by atoms with van der Waals surface area (Å²) in [5, 5.41) is 17.6. The average molecular weight is 269 g/mol. The lowest BCUT2D eigenvalue weighted by Gasteiger charge is -2.09. The summed E-state index contributed by atoms with van der Waals surface area (Å²) in [5.74, 6) is 2.35. The van der Waals surface area contributed by atoms with Crippen LogP contribution < -0.4 is 0 Å². The predicted octanol–water partition coefficient (Wildman–Crippen LogP) is 2.35. The fourth-order valence-electron chi connectivity index (χ4n) is 4.96. The van der Waals surface area contributed by atoms with Crippen LogP contribution in [0.3, 0.4) is 0 Å². The van der Waals surface area contributed by atoms with E-state index in [-0.39, 0.29) is 5.56 Å².